The zero-order valence-corrected chi connectivity index (χ0v) is 15.6. The molecule has 0 aliphatic heterocycles. The first-order chi connectivity index (χ1) is 11.8. The highest BCUT2D eigenvalue weighted by Gasteiger charge is 2.29. The Morgan fingerprint density at radius 3 is 2.32 bits per heavy atom. The van der Waals surface area contributed by atoms with Gasteiger partial charge in [0.15, 0.2) is 11.6 Å². The van der Waals surface area contributed by atoms with Crippen LogP contribution in [-0.2, 0) is 0 Å². The maximum Gasteiger partial charge on any atom is 0.194 e. The molecule has 2 aliphatic carbocycles. The summed E-state index contributed by atoms with van der Waals surface area (Å²) in [4.78, 5) is 25.3. The molecule has 3 rings (SSSR count). The number of benzene rings is 1. The van der Waals surface area contributed by atoms with Crippen LogP contribution >= 0.6 is 0 Å². The average molecular weight is 334 g/mol. The molecule has 0 saturated carbocycles. The highest BCUT2D eigenvalue weighted by molar-refractivity contribution is 6.27. The SMILES string of the molecule is CC1=C(C/C=C/C2=C(C)C(=O)c3ccccc3C2=O)C(C)(C)CCC1. The van der Waals surface area contributed by atoms with Gasteiger partial charge in [-0.15, -0.1) is 0 Å². The molecule has 2 aliphatic rings. The quantitative estimate of drug-likeness (QED) is 0.649. The molecule has 2 heteroatoms. The zero-order valence-electron chi connectivity index (χ0n) is 15.6. The van der Waals surface area contributed by atoms with E-state index in [0.29, 0.717) is 22.3 Å². The third-order valence-electron chi connectivity index (χ3n) is 5.70. The molecular weight excluding hydrogens is 308 g/mol. The van der Waals surface area contributed by atoms with Gasteiger partial charge in [0, 0.05) is 22.3 Å². The van der Waals surface area contributed by atoms with E-state index in [1.54, 1.807) is 25.1 Å². The lowest BCUT2D eigenvalue weighted by Gasteiger charge is -2.34. The van der Waals surface area contributed by atoms with Crippen molar-refractivity contribution in [3.05, 3.63) is 69.8 Å². The molecule has 0 bridgehead atoms. The van der Waals surface area contributed by atoms with E-state index in [1.807, 2.05) is 12.1 Å². The van der Waals surface area contributed by atoms with Crippen molar-refractivity contribution in [2.75, 3.05) is 0 Å². The molecule has 25 heavy (non-hydrogen) atoms. The lowest BCUT2D eigenvalue weighted by atomic mass is 9.71. The Labute approximate surface area is 150 Å². The van der Waals surface area contributed by atoms with E-state index in [0.717, 1.165) is 6.42 Å². The summed E-state index contributed by atoms with van der Waals surface area (Å²) in [6.07, 6.45) is 8.39. The number of Topliss-reactive ketones (excluding diaryl/α,β-unsaturated/α-hetero) is 2. The normalized spacial score (nSPS) is 20.5. The number of carbonyl (C=O) groups excluding carboxylic acids is 2. The van der Waals surface area contributed by atoms with Crippen LogP contribution in [0.1, 0.15) is 74.1 Å². The molecule has 0 fully saturated rings. The van der Waals surface area contributed by atoms with Crippen LogP contribution in [0.5, 0.6) is 0 Å². The molecule has 0 N–H and O–H groups in total. The van der Waals surface area contributed by atoms with E-state index in [2.05, 4.69) is 26.8 Å². The Balaban J connectivity index is 1.88. The fourth-order valence-corrected chi connectivity index (χ4v) is 4.14. The van der Waals surface area contributed by atoms with Crippen LogP contribution in [0.2, 0.25) is 0 Å². The maximum absolute atomic E-state index is 12.8. The van der Waals surface area contributed by atoms with E-state index in [-0.39, 0.29) is 17.0 Å². The summed E-state index contributed by atoms with van der Waals surface area (Å²) in [5.41, 5.74) is 5.30. The predicted octanol–water partition coefficient (Wildman–Crippen LogP) is 5.86. The van der Waals surface area contributed by atoms with Gasteiger partial charge in [0.05, 0.1) is 0 Å². The summed E-state index contributed by atoms with van der Waals surface area (Å²) in [5.74, 6) is -0.0826. The smallest absolute Gasteiger partial charge is 0.194 e. The van der Waals surface area contributed by atoms with Crippen LogP contribution in [0, 0.1) is 5.41 Å². The van der Waals surface area contributed by atoms with E-state index in [4.69, 9.17) is 0 Å². The molecule has 0 atom stereocenters. The molecule has 0 spiro atoms. The Bertz CT molecular complexity index is 831. The van der Waals surface area contributed by atoms with Crippen LogP contribution < -0.4 is 0 Å². The van der Waals surface area contributed by atoms with Crippen molar-refractivity contribution in [1.82, 2.24) is 0 Å². The predicted molar refractivity (Wildman–Crippen MR) is 102 cm³/mol. The molecule has 0 aromatic heterocycles. The number of allylic oxidation sites excluding steroid dienone is 6. The third-order valence-corrected chi connectivity index (χ3v) is 5.70. The molecule has 0 amide bonds. The molecule has 1 aromatic rings. The number of ketones is 2. The highest BCUT2D eigenvalue weighted by Crippen LogP contribution is 2.42. The van der Waals surface area contributed by atoms with Crippen molar-refractivity contribution in [3.63, 3.8) is 0 Å². The van der Waals surface area contributed by atoms with Gasteiger partial charge in [-0.05, 0) is 44.9 Å². The number of hydrogen-bond acceptors (Lipinski definition) is 2. The van der Waals surface area contributed by atoms with Crippen LogP contribution in [0.15, 0.2) is 58.7 Å². The third kappa shape index (κ3) is 3.18. The van der Waals surface area contributed by atoms with Gasteiger partial charge in [-0.3, -0.25) is 9.59 Å². The Kier molecular flexibility index (Phi) is 4.64. The second-order valence-electron chi connectivity index (χ2n) is 7.85. The Hall–Kier alpha value is -2.22. The summed E-state index contributed by atoms with van der Waals surface area (Å²) in [6, 6.07) is 7.09. The van der Waals surface area contributed by atoms with E-state index >= 15 is 0 Å². The summed E-state index contributed by atoms with van der Waals surface area (Å²) in [6.45, 7) is 8.58. The van der Waals surface area contributed by atoms with E-state index in [9.17, 15) is 9.59 Å². The van der Waals surface area contributed by atoms with Gasteiger partial charge in [0.2, 0.25) is 0 Å². The van der Waals surface area contributed by atoms with Gasteiger partial charge in [-0.1, -0.05) is 61.4 Å². The summed E-state index contributed by atoms with van der Waals surface area (Å²) >= 11 is 0. The fraction of sp³-hybridized carbons (Fsp3) is 0.391. The molecule has 130 valence electrons. The average Bonchev–Trinajstić information content (AvgIpc) is 2.58. The van der Waals surface area contributed by atoms with Crippen molar-refractivity contribution >= 4 is 11.6 Å². The summed E-state index contributed by atoms with van der Waals surface area (Å²) in [7, 11) is 0. The van der Waals surface area contributed by atoms with E-state index < -0.39 is 0 Å². The molecule has 0 unspecified atom stereocenters. The Morgan fingerprint density at radius 1 is 1.04 bits per heavy atom. The van der Waals surface area contributed by atoms with Gasteiger partial charge in [0.25, 0.3) is 0 Å². The molecule has 0 radical (unpaired) electrons. The highest BCUT2D eigenvalue weighted by atomic mass is 16.1. The monoisotopic (exact) mass is 334 g/mol. The van der Waals surface area contributed by atoms with Crippen molar-refractivity contribution < 1.29 is 9.59 Å². The standard InChI is InChI=1S/C23H26O2/c1-15-9-8-14-23(3,4)20(15)13-7-12-17-16(2)21(24)18-10-5-6-11-19(18)22(17)25/h5-7,10-12H,8-9,13-14H2,1-4H3/b12-7+. The first kappa shape index (κ1) is 17.6. The van der Waals surface area contributed by atoms with Gasteiger partial charge in [-0.25, -0.2) is 0 Å². The summed E-state index contributed by atoms with van der Waals surface area (Å²) in [5, 5.41) is 0. The zero-order chi connectivity index (χ0) is 18.2. The molecule has 2 nitrogen and oxygen atoms in total. The van der Waals surface area contributed by atoms with Crippen molar-refractivity contribution in [3.8, 4) is 0 Å². The lowest BCUT2D eigenvalue weighted by molar-refractivity contribution is 0.0978. The molecule has 0 heterocycles. The number of carbonyl (C=O) groups is 2. The molecule has 1 aromatic carbocycles. The Morgan fingerprint density at radius 2 is 1.68 bits per heavy atom. The largest absolute Gasteiger partial charge is 0.289 e. The minimum Gasteiger partial charge on any atom is -0.289 e. The van der Waals surface area contributed by atoms with Gasteiger partial charge >= 0.3 is 0 Å². The van der Waals surface area contributed by atoms with Gasteiger partial charge in [-0.2, -0.15) is 0 Å². The van der Waals surface area contributed by atoms with Crippen LogP contribution in [0.4, 0.5) is 0 Å². The first-order valence-electron chi connectivity index (χ1n) is 9.08. The topological polar surface area (TPSA) is 34.1 Å². The second-order valence-corrected chi connectivity index (χ2v) is 7.85. The van der Waals surface area contributed by atoms with Crippen LogP contribution in [0.3, 0.4) is 0 Å². The van der Waals surface area contributed by atoms with E-state index in [1.165, 1.54) is 30.4 Å². The van der Waals surface area contributed by atoms with Gasteiger partial charge < -0.3 is 0 Å². The van der Waals surface area contributed by atoms with Crippen LogP contribution in [-0.4, -0.2) is 11.6 Å². The first-order valence-corrected chi connectivity index (χ1v) is 9.08. The second kappa shape index (κ2) is 6.59. The fourth-order valence-electron chi connectivity index (χ4n) is 4.14. The molecular formula is C23H26O2. The number of rotatable bonds is 3. The summed E-state index contributed by atoms with van der Waals surface area (Å²) < 4.78 is 0. The number of fused-ring (bicyclic) bond motifs is 1. The van der Waals surface area contributed by atoms with Crippen molar-refractivity contribution in [1.29, 1.82) is 0 Å². The van der Waals surface area contributed by atoms with Gasteiger partial charge in [0.1, 0.15) is 0 Å². The van der Waals surface area contributed by atoms with Crippen LogP contribution in [0.25, 0.3) is 0 Å². The lowest BCUT2D eigenvalue weighted by Crippen LogP contribution is -2.20. The van der Waals surface area contributed by atoms with Crippen molar-refractivity contribution in [2.45, 2.75) is 53.4 Å². The minimum absolute atomic E-state index is 0.0387. The number of hydrogen-bond donors (Lipinski definition) is 0. The minimum atomic E-state index is -0.0439. The van der Waals surface area contributed by atoms with Crippen molar-refractivity contribution in [2.24, 2.45) is 5.41 Å². The maximum atomic E-state index is 12.8. The molecule has 0 saturated heterocycles.